The number of imide groups is 1. The molecule has 1 saturated heterocycles. The maximum absolute atomic E-state index is 13.5. The molecule has 0 unspecified atom stereocenters. The Kier molecular flexibility index (Phi) is 3.59. The number of alkyl halides is 3. The highest BCUT2D eigenvalue weighted by Crippen LogP contribution is 2.61. The number of rotatable bonds is 1. The van der Waals surface area contributed by atoms with Gasteiger partial charge in [-0.1, -0.05) is 54.6 Å². The van der Waals surface area contributed by atoms with Gasteiger partial charge in [0.15, 0.2) is 0 Å². The fourth-order valence-electron chi connectivity index (χ4n) is 5.75. The maximum Gasteiger partial charge on any atom is 0.416 e. The number of benzene rings is 3. The fraction of sp³-hybridized carbons (Fsp3) is 0.200. The predicted octanol–water partition coefficient (Wildman–Crippen LogP) is 5.10. The van der Waals surface area contributed by atoms with E-state index in [4.69, 9.17) is 0 Å². The molecule has 0 spiro atoms. The van der Waals surface area contributed by atoms with E-state index < -0.39 is 35.4 Å². The largest absolute Gasteiger partial charge is 0.416 e. The van der Waals surface area contributed by atoms with Crippen molar-refractivity contribution in [2.45, 2.75) is 18.0 Å². The van der Waals surface area contributed by atoms with Gasteiger partial charge in [0.25, 0.3) is 0 Å². The Morgan fingerprint density at radius 3 is 1.52 bits per heavy atom. The van der Waals surface area contributed by atoms with Crippen molar-refractivity contribution < 1.29 is 22.8 Å². The molecule has 7 rings (SSSR count). The van der Waals surface area contributed by atoms with E-state index in [1.54, 1.807) is 0 Å². The van der Waals surface area contributed by atoms with Crippen molar-refractivity contribution in [3.8, 4) is 0 Å². The summed E-state index contributed by atoms with van der Waals surface area (Å²) in [6.45, 7) is 0. The summed E-state index contributed by atoms with van der Waals surface area (Å²) in [5, 5.41) is 0. The fourth-order valence-corrected chi connectivity index (χ4v) is 5.75. The standard InChI is InChI=1S/C25H16F3NO2/c26-25(27,28)13-6-5-7-14(12-13)29-23(30)21-19-15-8-1-2-9-16(15)20(22(21)24(29)31)18-11-4-3-10-17(18)19/h1-12,19-22H/t19?,20?,21-,22+. The molecule has 2 atom stereocenters. The quantitative estimate of drug-likeness (QED) is 0.515. The summed E-state index contributed by atoms with van der Waals surface area (Å²) in [4.78, 5) is 28.1. The number of amides is 2. The van der Waals surface area contributed by atoms with E-state index in [2.05, 4.69) is 0 Å². The highest BCUT2D eigenvalue weighted by Gasteiger charge is 2.61. The SMILES string of the molecule is O=C1[C@@H]2C3c4ccccc4C(c4ccccc43)[C@@H]2C(=O)N1c1cccc(C(F)(F)F)c1. The van der Waals surface area contributed by atoms with Gasteiger partial charge in [-0.15, -0.1) is 0 Å². The summed E-state index contributed by atoms with van der Waals surface area (Å²) in [6.07, 6.45) is -4.56. The van der Waals surface area contributed by atoms with Crippen LogP contribution in [0.1, 0.15) is 39.7 Å². The van der Waals surface area contributed by atoms with Gasteiger partial charge < -0.3 is 0 Å². The minimum absolute atomic E-state index is 0.0215. The molecule has 2 bridgehead atoms. The Balaban J connectivity index is 1.52. The Hall–Kier alpha value is -3.41. The lowest BCUT2D eigenvalue weighted by Gasteiger charge is -2.45. The summed E-state index contributed by atoms with van der Waals surface area (Å²) >= 11 is 0. The normalized spacial score (nSPS) is 26.0. The molecule has 0 N–H and O–H groups in total. The molecule has 6 heteroatoms. The Labute approximate surface area is 176 Å². The number of carbonyl (C=O) groups is 2. The van der Waals surface area contributed by atoms with Crippen LogP contribution in [0.2, 0.25) is 0 Å². The van der Waals surface area contributed by atoms with Gasteiger partial charge in [0, 0.05) is 11.8 Å². The third-order valence-corrected chi connectivity index (χ3v) is 6.88. The Morgan fingerprint density at radius 1 is 0.645 bits per heavy atom. The zero-order chi connectivity index (χ0) is 21.5. The number of anilines is 1. The summed E-state index contributed by atoms with van der Waals surface area (Å²) in [5.41, 5.74) is 3.21. The summed E-state index contributed by atoms with van der Waals surface area (Å²) in [6, 6.07) is 20.1. The minimum Gasteiger partial charge on any atom is -0.274 e. The van der Waals surface area contributed by atoms with Gasteiger partial charge in [0.1, 0.15) is 0 Å². The highest BCUT2D eigenvalue weighted by molar-refractivity contribution is 6.23. The number of halogens is 3. The van der Waals surface area contributed by atoms with Crippen LogP contribution in [0.15, 0.2) is 72.8 Å². The molecule has 3 aromatic rings. The second kappa shape index (κ2) is 6.06. The van der Waals surface area contributed by atoms with Gasteiger partial charge in [0.2, 0.25) is 11.8 Å². The number of hydrogen-bond donors (Lipinski definition) is 0. The maximum atomic E-state index is 13.5. The van der Waals surface area contributed by atoms with Crippen LogP contribution in [0, 0.1) is 11.8 Å². The average Bonchev–Trinajstić information content (AvgIpc) is 3.04. The summed E-state index contributed by atoms with van der Waals surface area (Å²) < 4.78 is 39.7. The van der Waals surface area contributed by atoms with Gasteiger partial charge in [-0.25, -0.2) is 4.90 Å². The van der Waals surface area contributed by atoms with Gasteiger partial charge in [-0.2, -0.15) is 13.2 Å². The molecule has 1 aliphatic heterocycles. The third kappa shape index (κ3) is 2.36. The van der Waals surface area contributed by atoms with Crippen molar-refractivity contribution >= 4 is 17.5 Å². The van der Waals surface area contributed by atoms with E-state index >= 15 is 0 Å². The predicted molar refractivity (Wildman–Crippen MR) is 107 cm³/mol. The zero-order valence-corrected chi connectivity index (χ0v) is 16.1. The molecule has 154 valence electrons. The van der Waals surface area contributed by atoms with Crippen molar-refractivity contribution in [2.75, 3.05) is 4.90 Å². The molecule has 2 amide bonds. The van der Waals surface area contributed by atoms with Crippen molar-refractivity contribution in [3.05, 3.63) is 101 Å². The third-order valence-electron chi connectivity index (χ3n) is 6.88. The first-order valence-electron chi connectivity index (χ1n) is 10.1. The van der Waals surface area contributed by atoms with Crippen LogP contribution in [-0.4, -0.2) is 11.8 Å². The van der Waals surface area contributed by atoms with E-state index in [9.17, 15) is 22.8 Å². The molecule has 31 heavy (non-hydrogen) atoms. The smallest absolute Gasteiger partial charge is 0.274 e. The van der Waals surface area contributed by atoms with E-state index in [0.717, 1.165) is 39.3 Å². The number of carbonyl (C=O) groups excluding carboxylic acids is 2. The van der Waals surface area contributed by atoms with Crippen molar-refractivity contribution in [3.63, 3.8) is 0 Å². The number of nitrogens with zero attached hydrogens (tertiary/aromatic N) is 1. The minimum atomic E-state index is -4.56. The van der Waals surface area contributed by atoms with Crippen LogP contribution in [0.3, 0.4) is 0 Å². The summed E-state index contributed by atoms with van der Waals surface area (Å²) in [7, 11) is 0. The second-order valence-corrected chi connectivity index (χ2v) is 8.32. The lowest BCUT2D eigenvalue weighted by molar-refractivity contribution is -0.137. The van der Waals surface area contributed by atoms with Crippen LogP contribution in [0.25, 0.3) is 0 Å². The van der Waals surface area contributed by atoms with Crippen LogP contribution < -0.4 is 4.90 Å². The molecule has 0 radical (unpaired) electrons. The van der Waals surface area contributed by atoms with Crippen molar-refractivity contribution in [2.24, 2.45) is 11.8 Å². The molecule has 0 aromatic heterocycles. The molecule has 1 fully saturated rings. The molecule has 3 nitrogen and oxygen atoms in total. The average molecular weight is 419 g/mol. The highest BCUT2D eigenvalue weighted by atomic mass is 19.4. The molecule has 4 aliphatic rings. The lowest BCUT2D eigenvalue weighted by Crippen LogP contribution is -2.41. The molecule has 3 aliphatic carbocycles. The van der Waals surface area contributed by atoms with E-state index in [-0.39, 0.29) is 17.5 Å². The number of hydrogen-bond acceptors (Lipinski definition) is 2. The summed E-state index contributed by atoms with van der Waals surface area (Å²) in [5.74, 6) is -2.64. The van der Waals surface area contributed by atoms with Gasteiger partial charge >= 0.3 is 6.18 Å². The molecular weight excluding hydrogens is 403 g/mol. The van der Waals surface area contributed by atoms with Gasteiger partial charge in [-0.05, 0) is 40.5 Å². The monoisotopic (exact) mass is 419 g/mol. The van der Waals surface area contributed by atoms with Crippen LogP contribution >= 0.6 is 0 Å². The van der Waals surface area contributed by atoms with Gasteiger partial charge in [0.05, 0.1) is 23.1 Å². The Bertz CT molecular complexity index is 1150. The van der Waals surface area contributed by atoms with Crippen molar-refractivity contribution in [1.29, 1.82) is 0 Å². The van der Waals surface area contributed by atoms with E-state index in [0.29, 0.717) is 0 Å². The van der Waals surface area contributed by atoms with Gasteiger partial charge in [-0.3, -0.25) is 9.59 Å². The molecule has 1 heterocycles. The second-order valence-electron chi connectivity index (χ2n) is 8.32. The lowest BCUT2D eigenvalue weighted by atomic mass is 9.55. The van der Waals surface area contributed by atoms with Crippen LogP contribution in [0.4, 0.5) is 18.9 Å². The Morgan fingerprint density at radius 2 is 1.10 bits per heavy atom. The topological polar surface area (TPSA) is 37.4 Å². The molecular formula is C25H16F3NO2. The first-order valence-corrected chi connectivity index (χ1v) is 10.1. The van der Waals surface area contributed by atoms with Crippen LogP contribution in [-0.2, 0) is 15.8 Å². The first kappa shape index (κ1) is 18.4. The molecule has 3 aromatic carbocycles. The molecule has 0 saturated carbocycles. The van der Waals surface area contributed by atoms with Crippen molar-refractivity contribution in [1.82, 2.24) is 0 Å². The van der Waals surface area contributed by atoms with E-state index in [1.807, 2.05) is 48.5 Å². The van der Waals surface area contributed by atoms with Crippen LogP contribution in [0.5, 0.6) is 0 Å². The zero-order valence-electron chi connectivity index (χ0n) is 16.1. The van der Waals surface area contributed by atoms with E-state index in [1.165, 1.54) is 12.1 Å². The first-order chi connectivity index (χ1) is 14.9.